The summed E-state index contributed by atoms with van der Waals surface area (Å²) in [6, 6.07) is 5.46. The van der Waals surface area contributed by atoms with E-state index in [1.165, 1.54) is 4.85 Å². The number of nitrogens with one attached hydrogen (secondary N) is 1. The Labute approximate surface area is 133 Å². The molecule has 3 rings (SSSR count). The van der Waals surface area contributed by atoms with Gasteiger partial charge in [-0.15, -0.1) is 5.10 Å². The second kappa shape index (κ2) is 6.52. The second-order valence-electron chi connectivity index (χ2n) is 5.89. The van der Waals surface area contributed by atoms with E-state index in [1.807, 2.05) is 0 Å². The third-order valence-corrected chi connectivity index (χ3v) is 4.31. The maximum atomic E-state index is 12.0. The number of hydrogen-bond donors (Lipinski definition) is 1. The summed E-state index contributed by atoms with van der Waals surface area (Å²) in [4.78, 5) is 18.6. The highest BCUT2D eigenvalue weighted by molar-refractivity contribution is 6.31. The molecule has 1 aromatic carbocycles. The van der Waals surface area contributed by atoms with Gasteiger partial charge in [0.25, 0.3) is 5.91 Å². The minimum atomic E-state index is -0.134. The van der Waals surface area contributed by atoms with E-state index in [0.29, 0.717) is 16.1 Å². The summed E-state index contributed by atoms with van der Waals surface area (Å²) < 4.78 is 0. The van der Waals surface area contributed by atoms with Crippen LogP contribution in [0.2, 0.25) is 5.02 Å². The molecule has 0 bridgehead atoms. The summed E-state index contributed by atoms with van der Waals surface area (Å²) in [5.74, 6) is 0.626. The lowest BCUT2D eigenvalue weighted by Crippen LogP contribution is -2.41. The van der Waals surface area contributed by atoms with Crippen LogP contribution in [0.3, 0.4) is 0 Å². The number of carbonyl (C=O) groups is 1. The predicted octanol–water partition coefficient (Wildman–Crippen LogP) is 2.21. The highest BCUT2D eigenvalue weighted by Crippen LogP contribution is 2.23. The van der Waals surface area contributed by atoms with E-state index in [2.05, 4.69) is 22.6 Å². The van der Waals surface area contributed by atoms with Gasteiger partial charge in [0.15, 0.2) is 6.61 Å². The van der Waals surface area contributed by atoms with Crippen molar-refractivity contribution in [2.24, 2.45) is 5.92 Å². The highest BCUT2D eigenvalue weighted by Gasteiger charge is 2.20. The van der Waals surface area contributed by atoms with Crippen LogP contribution in [0, 0.1) is 5.92 Å². The van der Waals surface area contributed by atoms with Gasteiger partial charge in [-0.2, -0.15) is 0 Å². The average Bonchev–Trinajstić information content (AvgIpc) is 2.90. The lowest BCUT2D eigenvalue weighted by molar-refractivity contribution is -0.127. The predicted molar refractivity (Wildman–Crippen MR) is 83.5 cm³/mol. The van der Waals surface area contributed by atoms with E-state index in [4.69, 9.17) is 16.4 Å². The van der Waals surface area contributed by atoms with Gasteiger partial charge in [-0.1, -0.05) is 23.4 Å². The Morgan fingerprint density at radius 2 is 2.18 bits per heavy atom. The first-order chi connectivity index (χ1) is 10.6. The van der Waals surface area contributed by atoms with Gasteiger partial charge < -0.3 is 10.2 Å². The Kier molecular flexibility index (Phi) is 4.47. The number of fused-ring (bicyclic) bond motifs is 1. The molecule has 1 heterocycles. The van der Waals surface area contributed by atoms with E-state index < -0.39 is 0 Å². The summed E-state index contributed by atoms with van der Waals surface area (Å²) in [5.41, 5.74) is 1.32. The molecule has 1 aliphatic rings. The summed E-state index contributed by atoms with van der Waals surface area (Å²) in [6.45, 7) is 2.17. The number of benzene rings is 1. The molecule has 1 N–H and O–H groups in total. The van der Waals surface area contributed by atoms with E-state index >= 15 is 0 Å². The van der Waals surface area contributed by atoms with E-state index in [-0.39, 0.29) is 18.6 Å². The molecule has 0 spiro atoms. The molecule has 1 aliphatic carbocycles. The zero-order chi connectivity index (χ0) is 15.5. The number of halogens is 1. The quantitative estimate of drug-likeness (QED) is 0.937. The van der Waals surface area contributed by atoms with Gasteiger partial charge in [-0.05, 0) is 55.0 Å². The SMILES string of the molecule is CC1CCC(NC(=O)COn2nnc3ccc(Cl)cc32)CC1. The number of aromatic nitrogens is 3. The average molecular weight is 323 g/mol. The lowest BCUT2D eigenvalue weighted by atomic mass is 9.87. The minimum Gasteiger partial charge on any atom is -0.385 e. The highest BCUT2D eigenvalue weighted by atomic mass is 35.5. The molecular formula is C15H19ClN4O2. The largest absolute Gasteiger partial charge is 0.385 e. The number of amides is 1. The van der Waals surface area contributed by atoms with Crippen molar-refractivity contribution in [3.8, 4) is 0 Å². The van der Waals surface area contributed by atoms with Crippen LogP contribution in [-0.2, 0) is 4.79 Å². The third kappa shape index (κ3) is 3.50. The van der Waals surface area contributed by atoms with Gasteiger partial charge in [0.05, 0.1) is 0 Å². The first-order valence-electron chi connectivity index (χ1n) is 7.55. The van der Waals surface area contributed by atoms with E-state index in [0.717, 1.165) is 31.6 Å². The molecule has 1 saturated carbocycles. The van der Waals surface area contributed by atoms with Crippen LogP contribution in [0.1, 0.15) is 32.6 Å². The molecule has 0 unspecified atom stereocenters. The lowest BCUT2D eigenvalue weighted by Gasteiger charge is -2.26. The fourth-order valence-corrected chi connectivity index (χ4v) is 2.93. The zero-order valence-electron chi connectivity index (χ0n) is 12.5. The van der Waals surface area contributed by atoms with Crippen LogP contribution in [0.4, 0.5) is 0 Å². The van der Waals surface area contributed by atoms with Crippen molar-refractivity contribution in [2.45, 2.75) is 38.6 Å². The van der Waals surface area contributed by atoms with Crippen LogP contribution < -0.4 is 10.2 Å². The van der Waals surface area contributed by atoms with Gasteiger partial charge in [0.1, 0.15) is 11.0 Å². The van der Waals surface area contributed by atoms with Crippen LogP contribution in [0.5, 0.6) is 0 Å². The van der Waals surface area contributed by atoms with Crippen molar-refractivity contribution in [2.75, 3.05) is 6.61 Å². The minimum absolute atomic E-state index is 0.0863. The summed E-state index contributed by atoms with van der Waals surface area (Å²) >= 11 is 5.95. The Bertz CT molecular complexity index is 665. The zero-order valence-corrected chi connectivity index (χ0v) is 13.2. The van der Waals surface area contributed by atoms with E-state index in [1.54, 1.807) is 18.2 Å². The maximum Gasteiger partial charge on any atom is 0.260 e. The molecule has 2 aromatic rings. The van der Waals surface area contributed by atoms with Gasteiger partial charge >= 0.3 is 0 Å². The molecule has 0 aliphatic heterocycles. The normalized spacial score (nSPS) is 21.7. The second-order valence-corrected chi connectivity index (χ2v) is 6.33. The fraction of sp³-hybridized carbons (Fsp3) is 0.533. The van der Waals surface area contributed by atoms with Crippen LogP contribution >= 0.6 is 11.6 Å². The van der Waals surface area contributed by atoms with Crippen molar-refractivity contribution in [1.29, 1.82) is 0 Å². The van der Waals surface area contributed by atoms with E-state index in [9.17, 15) is 4.79 Å². The third-order valence-electron chi connectivity index (χ3n) is 4.08. The van der Waals surface area contributed by atoms with Crippen LogP contribution in [0.25, 0.3) is 11.0 Å². The molecule has 22 heavy (non-hydrogen) atoms. The molecule has 0 radical (unpaired) electrons. The Balaban J connectivity index is 1.55. The van der Waals surface area contributed by atoms with Gasteiger partial charge in [-0.3, -0.25) is 4.79 Å². The first-order valence-corrected chi connectivity index (χ1v) is 7.93. The molecule has 1 fully saturated rings. The number of hydrogen-bond acceptors (Lipinski definition) is 4. The summed E-state index contributed by atoms with van der Waals surface area (Å²) in [7, 11) is 0. The van der Waals surface area contributed by atoms with Crippen molar-refractivity contribution >= 4 is 28.5 Å². The van der Waals surface area contributed by atoms with Crippen LogP contribution in [0.15, 0.2) is 18.2 Å². The van der Waals surface area contributed by atoms with Gasteiger partial charge in [0, 0.05) is 11.1 Å². The monoisotopic (exact) mass is 322 g/mol. The topological polar surface area (TPSA) is 69.0 Å². The Hall–Kier alpha value is -1.82. The molecular weight excluding hydrogens is 304 g/mol. The molecule has 118 valence electrons. The number of nitrogens with zero attached hydrogens (tertiary/aromatic N) is 3. The van der Waals surface area contributed by atoms with Crippen molar-refractivity contribution in [3.63, 3.8) is 0 Å². The number of carbonyl (C=O) groups excluding carboxylic acids is 1. The summed E-state index contributed by atoms with van der Waals surface area (Å²) in [5, 5.41) is 11.4. The standard InChI is InChI=1S/C15H19ClN4O2/c1-10-2-5-12(6-3-10)17-15(21)9-22-20-14-8-11(16)4-7-13(14)18-19-20/h4,7-8,10,12H,2-3,5-6,9H2,1H3,(H,17,21). The molecule has 6 nitrogen and oxygen atoms in total. The molecule has 0 atom stereocenters. The van der Waals surface area contributed by atoms with Gasteiger partial charge in [0.2, 0.25) is 0 Å². The van der Waals surface area contributed by atoms with Crippen molar-refractivity contribution in [3.05, 3.63) is 23.2 Å². The molecule has 0 saturated heterocycles. The van der Waals surface area contributed by atoms with Crippen LogP contribution in [-0.4, -0.2) is 33.7 Å². The smallest absolute Gasteiger partial charge is 0.260 e. The van der Waals surface area contributed by atoms with Crippen molar-refractivity contribution < 1.29 is 9.63 Å². The number of rotatable bonds is 4. The first kappa shape index (κ1) is 15.1. The molecule has 1 aromatic heterocycles. The summed E-state index contributed by atoms with van der Waals surface area (Å²) in [6.07, 6.45) is 4.40. The maximum absolute atomic E-state index is 12.0. The Morgan fingerprint density at radius 1 is 1.41 bits per heavy atom. The van der Waals surface area contributed by atoms with Gasteiger partial charge in [-0.25, -0.2) is 0 Å². The molecule has 7 heteroatoms. The Morgan fingerprint density at radius 3 is 2.95 bits per heavy atom. The molecule has 1 amide bonds. The fourth-order valence-electron chi connectivity index (χ4n) is 2.76. The van der Waals surface area contributed by atoms with Crippen molar-refractivity contribution in [1.82, 2.24) is 20.5 Å².